The molecule has 0 bridgehead atoms. The second-order valence-corrected chi connectivity index (χ2v) is 3.60. The highest BCUT2D eigenvalue weighted by molar-refractivity contribution is 9.10. The van der Waals surface area contributed by atoms with Gasteiger partial charge in [-0.2, -0.15) is 0 Å². The molecule has 0 saturated carbocycles. The first kappa shape index (κ1) is 12.7. The molecule has 0 aromatic heterocycles. The Bertz CT molecular complexity index is 407. The van der Waals surface area contributed by atoms with Crippen molar-refractivity contribution in [1.29, 1.82) is 0 Å². The molecule has 1 rings (SSSR count). The number of hydrogen-bond acceptors (Lipinski definition) is 4. The molecule has 16 heavy (non-hydrogen) atoms. The summed E-state index contributed by atoms with van der Waals surface area (Å²) in [5, 5.41) is 8.78. The van der Waals surface area contributed by atoms with Crippen LogP contribution in [0.4, 0.5) is 5.69 Å². The molecule has 5 nitrogen and oxygen atoms in total. The molecular weight excluding hydrogens is 276 g/mol. The lowest BCUT2D eigenvalue weighted by molar-refractivity contribution is -0.135. The molecule has 86 valence electrons. The molecule has 0 aliphatic heterocycles. The van der Waals surface area contributed by atoms with Gasteiger partial charge in [0, 0.05) is 4.47 Å². The number of ether oxygens (including phenoxy) is 1. The van der Waals surface area contributed by atoms with Gasteiger partial charge in [-0.25, -0.2) is 15.3 Å². The third-order valence-corrected chi connectivity index (χ3v) is 2.33. The van der Waals surface area contributed by atoms with E-state index in [0.717, 1.165) is 0 Å². The van der Waals surface area contributed by atoms with Gasteiger partial charge in [0.15, 0.2) is 0 Å². The van der Waals surface area contributed by atoms with Crippen LogP contribution in [-0.4, -0.2) is 23.6 Å². The standard InChI is InChI=1S/C10H11BrN2O3/c1-2-16-10(14)9(13-15)12-8-6-4-3-5-7(8)11/h3-6,15H,2H2,1H3,(H,12,13). The van der Waals surface area contributed by atoms with Crippen molar-refractivity contribution < 1.29 is 14.7 Å². The SMILES string of the molecule is CCOC(=O)C(=Nc1ccccc1Br)NO. The number of aliphatic imine (C=N–C) groups is 1. The van der Waals surface area contributed by atoms with E-state index < -0.39 is 5.97 Å². The summed E-state index contributed by atoms with van der Waals surface area (Å²) >= 11 is 3.27. The summed E-state index contributed by atoms with van der Waals surface area (Å²) in [4.78, 5) is 15.2. The maximum Gasteiger partial charge on any atom is 0.376 e. The molecule has 0 amide bonds. The number of hydroxylamine groups is 1. The number of carbonyl (C=O) groups excluding carboxylic acids is 1. The average molecular weight is 287 g/mol. The van der Waals surface area contributed by atoms with Gasteiger partial charge in [-0.3, -0.25) is 5.21 Å². The predicted molar refractivity (Wildman–Crippen MR) is 62.8 cm³/mol. The number of rotatable bonds is 2. The fourth-order valence-electron chi connectivity index (χ4n) is 0.979. The zero-order valence-corrected chi connectivity index (χ0v) is 10.2. The number of halogens is 1. The van der Waals surface area contributed by atoms with E-state index in [2.05, 4.69) is 20.9 Å². The average Bonchev–Trinajstić information content (AvgIpc) is 2.28. The predicted octanol–water partition coefficient (Wildman–Crippen LogP) is 2.02. The Morgan fingerprint density at radius 2 is 2.25 bits per heavy atom. The van der Waals surface area contributed by atoms with Crippen LogP contribution in [0, 0.1) is 0 Å². The normalized spacial score (nSPS) is 11.1. The van der Waals surface area contributed by atoms with Crippen molar-refractivity contribution in [3.8, 4) is 0 Å². The third-order valence-electron chi connectivity index (χ3n) is 1.66. The first-order chi connectivity index (χ1) is 7.69. The Balaban J connectivity index is 2.96. The first-order valence-corrected chi connectivity index (χ1v) is 5.38. The minimum absolute atomic E-state index is 0.218. The second-order valence-electron chi connectivity index (χ2n) is 2.74. The fourth-order valence-corrected chi connectivity index (χ4v) is 1.35. The number of amidine groups is 1. The van der Waals surface area contributed by atoms with E-state index in [9.17, 15) is 4.79 Å². The Kier molecular flexibility index (Phi) is 4.94. The maximum absolute atomic E-state index is 11.3. The minimum atomic E-state index is -0.708. The highest BCUT2D eigenvalue weighted by atomic mass is 79.9. The Labute approximate surface area is 101 Å². The van der Waals surface area contributed by atoms with E-state index in [4.69, 9.17) is 9.94 Å². The molecule has 0 radical (unpaired) electrons. The summed E-state index contributed by atoms with van der Waals surface area (Å²) in [5.74, 6) is -0.963. The molecule has 1 aromatic carbocycles. The van der Waals surface area contributed by atoms with Crippen LogP contribution in [0.5, 0.6) is 0 Å². The van der Waals surface area contributed by atoms with Gasteiger partial charge < -0.3 is 4.74 Å². The van der Waals surface area contributed by atoms with Gasteiger partial charge in [-0.15, -0.1) is 0 Å². The monoisotopic (exact) mass is 286 g/mol. The molecule has 1 aromatic rings. The Morgan fingerprint density at radius 3 is 2.81 bits per heavy atom. The molecule has 0 aliphatic rings. The van der Waals surface area contributed by atoms with Crippen LogP contribution >= 0.6 is 15.9 Å². The van der Waals surface area contributed by atoms with Crippen molar-refractivity contribution in [1.82, 2.24) is 5.48 Å². The molecular formula is C10H11BrN2O3. The number of esters is 1. The number of nitrogens with one attached hydrogen (secondary N) is 1. The summed E-state index contributed by atoms with van der Waals surface area (Å²) in [6, 6.07) is 7.06. The lowest BCUT2D eigenvalue weighted by atomic mass is 10.3. The molecule has 0 aliphatic carbocycles. The lowest BCUT2D eigenvalue weighted by Gasteiger charge is -2.04. The van der Waals surface area contributed by atoms with Gasteiger partial charge >= 0.3 is 5.97 Å². The number of benzene rings is 1. The number of hydrogen-bond donors (Lipinski definition) is 2. The molecule has 0 heterocycles. The van der Waals surface area contributed by atoms with Crippen LogP contribution in [0.2, 0.25) is 0 Å². The van der Waals surface area contributed by atoms with Gasteiger partial charge in [0.05, 0.1) is 12.3 Å². The largest absolute Gasteiger partial charge is 0.460 e. The van der Waals surface area contributed by atoms with Crippen molar-refractivity contribution in [3.63, 3.8) is 0 Å². The van der Waals surface area contributed by atoms with Crippen LogP contribution in [0.3, 0.4) is 0 Å². The number of carbonyl (C=O) groups is 1. The highest BCUT2D eigenvalue weighted by Crippen LogP contribution is 2.24. The summed E-state index contributed by atoms with van der Waals surface area (Å²) in [5.41, 5.74) is 2.24. The maximum atomic E-state index is 11.3. The van der Waals surface area contributed by atoms with Crippen molar-refractivity contribution >= 4 is 33.4 Å². The van der Waals surface area contributed by atoms with E-state index in [1.54, 1.807) is 30.6 Å². The summed E-state index contributed by atoms with van der Waals surface area (Å²) in [7, 11) is 0. The van der Waals surface area contributed by atoms with Gasteiger partial charge in [-0.05, 0) is 35.0 Å². The second kappa shape index (κ2) is 6.24. The molecule has 0 fully saturated rings. The van der Waals surface area contributed by atoms with Crippen molar-refractivity contribution in [3.05, 3.63) is 28.7 Å². The number of nitrogens with zero attached hydrogens (tertiary/aromatic N) is 1. The molecule has 0 atom stereocenters. The Morgan fingerprint density at radius 1 is 1.56 bits per heavy atom. The summed E-state index contributed by atoms with van der Waals surface area (Å²) in [6.07, 6.45) is 0. The van der Waals surface area contributed by atoms with E-state index >= 15 is 0 Å². The lowest BCUT2D eigenvalue weighted by Crippen LogP contribution is -2.30. The topological polar surface area (TPSA) is 70.9 Å². The zero-order valence-electron chi connectivity index (χ0n) is 8.61. The van der Waals surface area contributed by atoms with Crippen molar-refractivity contribution in [2.24, 2.45) is 4.99 Å². The van der Waals surface area contributed by atoms with E-state index in [0.29, 0.717) is 10.2 Å². The Hall–Kier alpha value is -1.40. The molecule has 6 heteroatoms. The summed E-state index contributed by atoms with van der Waals surface area (Å²) in [6.45, 7) is 1.89. The third kappa shape index (κ3) is 3.32. The molecule has 0 saturated heterocycles. The minimum Gasteiger partial charge on any atom is -0.460 e. The van der Waals surface area contributed by atoms with Crippen LogP contribution < -0.4 is 5.48 Å². The van der Waals surface area contributed by atoms with E-state index in [-0.39, 0.29) is 12.4 Å². The van der Waals surface area contributed by atoms with Crippen LogP contribution in [0.25, 0.3) is 0 Å². The van der Waals surface area contributed by atoms with E-state index in [1.807, 2.05) is 6.07 Å². The first-order valence-electron chi connectivity index (χ1n) is 4.59. The van der Waals surface area contributed by atoms with Gasteiger partial charge in [0.2, 0.25) is 5.84 Å². The van der Waals surface area contributed by atoms with Gasteiger partial charge in [0.25, 0.3) is 0 Å². The van der Waals surface area contributed by atoms with Gasteiger partial charge in [-0.1, -0.05) is 12.1 Å². The quantitative estimate of drug-likeness (QED) is 0.378. The molecule has 0 spiro atoms. The smallest absolute Gasteiger partial charge is 0.376 e. The molecule has 0 unspecified atom stereocenters. The van der Waals surface area contributed by atoms with Crippen molar-refractivity contribution in [2.45, 2.75) is 6.92 Å². The van der Waals surface area contributed by atoms with Gasteiger partial charge in [0.1, 0.15) is 0 Å². The van der Waals surface area contributed by atoms with Crippen LogP contribution in [0.1, 0.15) is 6.92 Å². The highest BCUT2D eigenvalue weighted by Gasteiger charge is 2.12. The van der Waals surface area contributed by atoms with Crippen molar-refractivity contribution in [2.75, 3.05) is 6.61 Å². The van der Waals surface area contributed by atoms with E-state index in [1.165, 1.54) is 0 Å². The summed E-state index contributed by atoms with van der Waals surface area (Å²) < 4.78 is 5.41. The van der Waals surface area contributed by atoms with Crippen LogP contribution in [0.15, 0.2) is 33.7 Å². The zero-order chi connectivity index (χ0) is 12.0. The van der Waals surface area contributed by atoms with Crippen LogP contribution in [-0.2, 0) is 9.53 Å². The number of para-hydroxylation sites is 1. The molecule has 2 N–H and O–H groups in total. The fraction of sp³-hybridized carbons (Fsp3) is 0.200.